The van der Waals surface area contributed by atoms with Crippen LogP contribution < -0.4 is 0 Å². The van der Waals surface area contributed by atoms with Gasteiger partial charge in [0.2, 0.25) is 5.91 Å². The van der Waals surface area contributed by atoms with Crippen LogP contribution in [0.25, 0.3) is 11.0 Å². The molecule has 0 atom stereocenters. The lowest BCUT2D eigenvalue weighted by Gasteiger charge is -2.35. The minimum Gasteiger partial charge on any atom is -0.464 e. The summed E-state index contributed by atoms with van der Waals surface area (Å²) in [5, 5.41) is 0.968. The third kappa shape index (κ3) is 3.49. The second-order valence-electron chi connectivity index (χ2n) is 6.94. The van der Waals surface area contributed by atoms with Gasteiger partial charge in [-0.3, -0.25) is 4.79 Å². The van der Waals surface area contributed by atoms with E-state index in [4.69, 9.17) is 4.42 Å². The number of furan rings is 1. The predicted molar refractivity (Wildman–Crippen MR) is 100 cm³/mol. The second kappa shape index (κ2) is 7.02. The van der Waals surface area contributed by atoms with Crippen molar-refractivity contribution in [3.8, 4) is 0 Å². The molecule has 1 aliphatic rings. The molecule has 1 amide bonds. The van der Waals surface area contributed by atoms with E-state index in [1.807, 2.05) is 19.9 Å². The fourth-order valence-corrected chi connectivity index (χ4v) is 4.23. The van der Waals surface area contributed by atoms with Gasteiger partial charge in [-0.1, -0.05) is 0 Å². The van der Waals surface area contributed by atoms with Crippen molar-refractivity contribution in [3.05, 3.63) is 35.1 Å². The van der Waals surface area contributed by atoms with E-state index < -0.39 is 10.2 Å². The topological polar surface area (TPSA) is 74.1 Å². The Morgan fingerprint density at radius 3 is 2.35 bits per heavy atom. The number of benzene rings is 1. The molecular weight excluding hydrogens is 354 g/mol. The van der Waals surface area contributed by atoms with Gasteiger partial charge in [-0.25, -0.2) is 0 Å². The Morgan fingerprint density at radius 1 is 1.12 bits per heavy atom. The van der Waals surface area contributed by atoms with Crippen LogP contribution in [0.5, 0.6) is 0 Å². The van der Waals surface area contributed by atoms with Crippen molar-refractivity contribution >= 4 is 27.1 Å². The Hall–Kier alpha value is -1.90. The molecule has 0 spiro atoms. The first kappa shape index (κ1) is 18.9. The lowest BCUT2D eigenvalue weighted by molar-refractivity contribution is -0.131. The third-order valence-corrected chi connectivity index (χ3v) is 6.93. The smallest absolute Gasteiger partial charge is 0.281 e. The van der Waals surface area contributed by atoms with Gasteiger partial charge in [0.05, 0.1) is 12.7 Å². The zero-order valence-corrected chi connectivity index (χ0v) is 16.5. The molecule has 0 N–H and O–H groups in total. The molecule has 1 aliphatic heterocycles. The molecule has 26 heavy (non-hydrogen) atoms. The molecule has 2 heterocycles. The molecule has 0 radical (unpaired) electrons. The molecule has 0 bridgehead atoms. The molecule has 1 fully saturated rings. The van der Waals surface area contributed by atoms with Gasteiger partial charge in [-0.15, -0.1) is 0 Å². The van der Waals surface area contributed by atoms with Gasteiger partial charge in [-0.05, 0) is 37.1 Å². The highest BCUT2D eigenvalue weighted by Gasteiger charge is 2.30. The Labute approximate surface area is 154 Å². The molecular formula is C18H25N3O4S. The van der Waals surface area contributed by atoms with E-state index in [0.717, 1.165) is 27.7 Å². The van der Waals surface area contributed by atoms with Gasteiger partial charge in [-0.2, -0.15) is 17.0 Å². The standard InChI is InChI=1S/C18H25N3O4S/c1-13-9-16-15(12-25-17(16)10-14(13)2)11-18(22)20-5-7-21(8-6-20)26(23,24)19(3)4/h9-10,12H,5-8,11H2,1-4H3. The largest absolute Gasteiger partial charge is 0.464 e. The SMILES string of the molecule is Cc1cc2occ(CC(=O)N3CCN(S(=O)(=O)N(C)C)CC3)c2cc1C. The average molecular weight is 379 g/mol. The summed E-state index contributed by atoms with van der Waals surface area (Å²) in [6.45, 7) is 5.51. The van der Waals surface area contributed by atoms with Crippen LogP contribution in [0.2, 0.25) is 0 Å². The first-order valence-corrected chi connectivity index (χ1v) is 10.0. The number of piperazine rings is 1. The second-order valence-corrected chi connectivity index (χ2v) is 9.08. The van der Waals surface area contributed by atoms with E-state index in [0.29, 0.717) is 26.2 Å². The molecule has 0 aliphatic carbocycles. The molecule has 1 aromatic carbocycles. The fourth-order valence-electron chi connectivity index (χ4n) is 3.15. The number of nitrogens with zero attached hydrogens (tertiary/aromatic N) is 3. The minimum absolute atomic E-state index is 0.00664. The Balaban J connectivity index is 1.68. The highest BCUT2D eigenvalue weighted by atomic mass is 32.2. The van der Waals surface area contributed by atoms with Crippen molar-refractivity contribution in [2.24, 2.45) is 0 Å². The zero-order valence-electron chi connectivity index (χ0n) is 15.7. The molecule has 0 unspecified atom stereocenters. The summed E-state index contributed by atoms with van der Waals surface area (Å²) >= 11 is 0. The van der Waals surface area contributed by atoms with Crippen molar-refractivity contribution in [3.63, 3.8) is 0 Å². The van der Waals surface area contributed by atoms with Gasteiger partial charge >= 0.3 is 0 Å². The third-order valence-electron chi connectivity index (χ3n) is 4.99. The van der Waals surface area contributed by atoms with E-state index in [1.54, 1.807) is 11.2 Å². The maximum atomic E-state index is 12.7. The van der Waals surface area contributed by atoms with Crippen LogP contribution in [0.15, 0.2) is 22.8 Å². The summed E-state index contributed by atoms with van der Waals surface area (Å²) in [6.07, 6.45) is 1.91. The Bertz CT molecular complexity index is 925. The fraction of sp³-hybridized carbons (Fsp3) is 0.500. The van der Waals surface area contributed by atoms with Crippen molar-refractivity contribution in [2.45, 2.75) is 20.3 Å². The molecule has 2 aromatic rings. The predicted octanol–water partition coefficient (Wildman–Crippen LogP) is 1.54. The minimum atomic E-state index is -3.42. The molecule has 1 saturated heterocycles. The van der Waals surface area contributed by atoms with Crippen LogP contribution in [-0.4, -0.2) is 68.1 Å². The highest BCUT2D eigenvalue weighted by molar-refractivity contribution is 7.86. The summed E-state index contributed by atoms with van der Waals surface area (Å²) in [6, 6.07) is 4.04. The highest BCUT2D eigenvalue weighted by Crippen LogP contribution is 2.25. The van der Waals surface area contributed by atoms with Crippen molar-refractivity contribution in [1.29, 1.82) is 0 Å². The summed E-state index contributed by atoms with van der Waals surface area (Å²) in [7, 11) is -0.394. The first-order chi connectivity index (χ1) is 12.2. The monoisotopic (exact) mass is 379 g/mol. The maximum Gasteiger partial charge on any atom is 0.281 e. The lowest BCUT2D eigenvalue weighted by Crippen LogP contribution is -2.53. The van der Waals surface area contributed by atoms with Crippen LogP contribution in [-0.2, 0) is 21.4 Å². The number of hydrogen-bond donors (Lipinski definition) is 0. The molecule has 7 nitrogen and oxygen atoms in total. The quantitative estimate of drug-likeness (QED) is 0.808. The van der Waals surface area contributed by atoms with Crippen molar-refractivity contribution in [1.82, 2.24) is 13.5 Å². The lowest BCUT2D eigenvalue weighted by atomic mass is 10.0. The Morgan fingerprint density at radius 2 is 1.73 bits per heavy atom. The first-order valence-electron chi connectivity index (χ1n) is 8.63. The van der Waals surface area contributed by atoms with Crippen LogP contribution in [0.1, 0.15) is 16.7 Å². The van der Waals surface area contributed by atoms with E-state index in [9.17, 15) is 13.2 Å². The molecule has 1 aromatic heterocycles. The summed E-state index contributed by atoms with van der Waals surface area (Å²) < 4.78 is 32.5. The van der Waals surface area contributed by atoms with E-state index >= 15 is 0 Å². The van der Waals surface area contributed by atoms with Crippen molar-refractivity contribution in [2.75, 3.05) is 40.3 Å². The number of hydrogen-bond acceptors (Lipinski definition) is 4. The van der Waals surface area contributed by atoms with E-state index in [1.165, 1.54) is 22.7 Å². The van der Waals surface area contributed by atoms with Crippen LogP contribution >= 0.6 is 0 Å². The van der Waals surface area contributed by atoms with Crippen molar-refractivity contribution < 1.29 is 17.6 Å². The number of carbonyl (C=O) groups is 1. The van der Waals surface area contributed by atoms with Crippen LogP contribution in [0.3, 0.4) is 0 Å². The Kier molecular flexibility index (Phi) is 5.09. The number of amides is 1. The van der Waals surface area contributed by atoms with Gasteiger partial charge < -0.3 is 9.32 Å². The van der Waals surface area contributed by atoms with Crippen LogP contribution in [0.4, 0.5) is 0 Å². The number of fused-ring (bicyclic) bond motifs is 1. The average Bonchev–Trinajstić information content (AvgIpc) is 2.97. The summed E-state index contributed by atoms with van der Waals surface area (Å²) in [5.74, 6) is -0.00664. The number of carbonyl (C=O) groups excluding carboxylic acids is 1. The van der Waals surface area contributed by atoms with Crippen LogP contribution in [0, 0.1) is 13.8 Å². The molecule has 142 valence electrons. The van der Waals surface area contributed by atoms with Gasteiger partial charge in [0.25, 0.3) is 10.2 Å². The molecule has 0 saturated carbocycles. The number of aryl methyl sites for hydroxylation is 2. The van der Waals surface area contributed by atoms with Gasteiger partial charge in [0, 0.05) is 51.2 Å². The van der Waals surface area contributed by atoms with Gasteiger partial charge in [0.15, 0.2) is 0 Å². The van der Waals surface area contributed by atoms with E-state index in [2.05, 4.69) is 6.07 Å². The summed E-state index contributed by atoms with van der Waals surface area (Å²) in [5.41, 5.74) is 3.98. The molecule has 3 rings (SSSR count). The summed E-state index contributed by atoms with van der Waals surface area (Å²) in [4.78, 5) is 14.4. The van der Waals surface area contributed by atoms with Gasteiger partial charge in [0.1, 0.15) is 5.58 Å². The zero-order chi connectivity index (χ0) is 19.1. The molecule has 8 heteroatoms. The maximum absolute atomic E-state index is 12.7. The van der Waals surface area contributed by atoms with E-state index in [-0.39, 0.29) is 12.3 Å². The number of rotatable bonds is 4. The normalized spacial score (nSPS) is 16.6.